The van der Waals surface area contributed by atoms with Crippen molar-refractivity contribution >= 4 is 23.4 Å². The first-order chi connectivity index (χ1) is 7.54. The summed E-state index contributed by atoms with van der Waals surface area (Å²) >= 11 is 1.69. The number of thioether (sulfide) groups is 1. The van der Waals surface area contributed by atoms with Gasteiger partial charge in [-0.2, -0.15) is 11.8 Å². The highest BCUT2D eigenvalue weighted by atomic mass is 32.2. The number of carbonyl (C=O) groups excluding carboxylic acids is 1. The minimum Gasteiger partial charge on any atom is -0.326 e. The Morgan fingerprint density at radius 3 is 2.31 bits per heavy atom. The number of aryl methyl sites for hydroxylation is 3. The van der Waals surface area contributed by atoms with E-state index in [0.29, 0.717) is 6.42 Å². The van der Waals surface area contributed by atoms with Gasteiger partial charge in [0.25, 0.3) is 0 Å². The molecule has 1 rings (SSSR count). The zero-order valence-corrected chi connectivity index (χ0v) is 11.2. The van der Waals surface area contributed by atoms with E-state index in [2.05, 4.69) is 24.4 Å². The molecule has 0 aliphatic carbocycles. The van der Waals surface area contributed by atoms with Crippen LogP contribution in [0.1, 0.15) is 23.1 Å². The molecular weight excluding hydrogens is 218 g/mol. The summed E-state index contributed by atoms with van der Waals surface area (Å²) in [6, 6.07) is 4.19. The molecule has 0 spiro atoms. The predicted octanol–water partition coefficient (Wildman–Crippen LogP) is 3.30. The molecule has 1 aromatic carbocycles. The molecule has 16 heavy (non-hydrogen) atoms. The van der Waals surface area contributed by atoms with Crippen LogP contribution in [-0.4, -0.2) is 17.9 Å². The van der Waals surface area contributed by atoms with E-state index in [0.717, 1.165) is 22.6 Å². The second-order valence-electron chi connectivity index (χ2n) is 4.06. The first-order valence-corrected chi connectivity index (χ1v) is 6.80. The largest absolute Gasteiger partial charge is 0.326 e. The van der Waals surface area contributed by atoms with Crippen molar-refractivity contribution in [1.29, 1.82) is 0 Å². The summed E-state index contributed by atoms with van der Waals surface area (Å²) < 4.78 is 0. The number of nitrogens with one attached hydrogen (secondary N) is 1. The van der Waals surface area contributed by atoms with Crippen LogP contribution in [0.3, 0.4) is 0 Å². The van der Waals surface area contributed by atoms with Crippen LogP contribution < -0.4 is 5.32 Å². The van der Waals surface area contributed by atoms with Gasteiger partial charge in [0, 0.05) is 17.9 Å². The Labute approximate surface area is 102 Å². The van der Waals surface area contributed by atoms with Gasteiger partial charge in [-0.1, -0.05) is 17.7 Å². The minimum absolute atomic E-state index is 0.101. The van der Waals surface area contributed by atoms with E-state index in [-0.39, 0.29) is 5.91 Å². The van der Waals surface area contributed by atoms with E-state index >= 15 is 0 Å². The third-order valence-corrected chi connectivity index (χ3v) is 3.09. The standard InChI is InChI=1S/C13H19NOS/c1-9-7-10(2)13(11(3)8-9)14-12(15)5-6-16-4/h7-8H,5-6H2,1-4H3,(H,14,15). The lowest BCUT2D eigenvalue weighted by Gasteiger charge is -2.12. The molecule has 0 radical (unpaired) electrons. The van der Waals surface area contributed by atoms with Gasteiger partial charge in [0.2, 0.25) is 5.91 Å². The van der Waals surface area contributed by atoms with E-state index in [1.54, 1.807) is 11.8 Å². The molecule has 0 unspecified atom stereocenters. The molecule has 0 fully saturated rings. The summed E-state index contributed by atoms with van der Waals surface area (Å²) in [5, 5.41) is 2.99. The van der Waals surface area contributed by atoms with Gasteiger partial charge in [-0.15, -0.1) is 0 Å². The maximum atomic E-state index is 11.6. The molecule has 0 heterocycles. The Hall–Kier alpha value is -0.960. The molecule has 0 atom stereocenters. The summed E-state index contributed by atoms with van der Waals surface area (Å²) in [4.78, 5) is 11.6. The maximum Gasteiger partial charge on any atom is 0.225 e. The van der Waals surface area contributed by atoms with Crippen LogP contribution in [0.4, 0.5) is 5.69 Å². The molecule has 2 nitrogen and oxygen atoms in total. The summed E-state index contributed by atoms with van der Waals surface area (Å²) in [5.74, 6) is 0.972. The summed E-state index contributed by atoms with van der Waals surface area (Å²) in [6.45, 7) is 6.13. The Balaban J connectivity index is 2.77. The zero-order valence-electron chi connectivity index (χ0n) is 10.4. The quantitative estimate of drug-likeness (QED) is 0.870. The van der Waals surface area contributed by atoms with Gasteiger partial charge in [0.15, 0.2) is 0 Å². The van der Waals surface area contributed by atoms with Crippen LogP contribution in [0, 0.1) is 20.8 Å². The SMILES string of the molecule is CSCCC(=O)Nc1c(C)cc(C)cc1C. The van der Waals surface area contributed by atoms with Gasteiger partial charge in [0.05, 0.1) is 0 Å². The highest BCUT2D eigenvalue weighted by molar-refractivity contribution is 7.98. The average molecular weight is 237 g/mol. The van der Waals surface area contributed by atoms with Gasteiger partial charge in [-0.25, -0.2) is 0 Å². The first kappa shape index (κ1) is 13.1. The number of carbonyl (C=O) groups is 1. The summed E-state index contributed by atoms with van der Waals surface area (Å²) in [5.41, 5.74) is 4.47. The van der Waals surface area contributed by atoms with Crippen LogP contribution in [0.5, 0.6) is 0 Å². The van der Waals surface area contributed by atoms with Crippen LogP contribution in [0.25, 0.3) is 0 Å². The van der Waals surface area contributed by atoms with E-state index in [4.69, 9.17) is 0 Å². The fourth-order valence-corrected chi connectivity index (χ4v) is 2.16. The Kier molecular flexibility index (Phi) is 4.87. The normalized spacial score (nSPS) is 10.2. The predicted molar refractivity (Wildman–Crippen MR) is 72.3 cm³/mol. The van der Waals surface area contributed by atoms with Crippen LogP contribution in [-0.2, 0) is 4.79 Å². The van der Waals surface area contributed by atoms with Gasteiger partial charge in [0.1, 0.15) is 0 Å². The second-order valence-corrected chi connectivity index (χ2v) is 5.05. The van der Waals surface area contributed by atoms with Crippen molar-refractivity contribution in [3.63, 3.8) is 0 Å². The molecule has 0 bridgehead atoms. The smallest absolute Gasteiger partial charge is 0.225 e. The van der Waals surface area contributed by atoms with Gasteiger partial charge in [-0.3, -0.25) is 4.79 Å². The Morgan fingerprint density at radius 1 is 1.25 bits per heavy atom. The number of benzene rings is 1. The van der Waals surface area contributed by atoms with Crippen LogP contribution >= 0.6 is 11.8 Å². The number of amides is 1. The van der Waals surface area contributed by atoms with E-state index in [1.165, 1.54) is 5.56 Å². The lowest BCUT2D eigenvalue weighted by Crippen LogP contribution is -2.14. The summed E-state index contributed by atoms with van der Waals surface area (Å²) in [7, 11) is 0. The molecule has 1 N–H and O–H groups in total. The maximum absolute atomic E-state index is 11.6. The van der Waals surface area contributed by atoms with E-state index in [1.807, 2.05) is 20.1 Å². The Bertz CT molecular complexity index is 365. The third-order valence-electron chi connectivity index (χ3n) is 2.47. The zero-order chi connectivity index (χ0) is 12.1. The van der Waals surface area contributed by atoms with Crippen molar-refractivity contribution in [2.45, 2.75) is 27.2 Å². The lowest BCUT2D eigenvalue weighted by atomic mass is 10.1. The lowest BCUT2D eigenvalue weighted by molar-refractivity contribution is -0.115. The number of hydrogen-bond acceptors (Lipinski definition) is 2. The average Bonchev–Trinajstić information content (AvgIpc) is 2.20. The number of rotatable bonds is 4. The van der Waals surface area contributed by atoms with Crippen molar-refractivity contribution in [1.82, 2.24) is 0 Å². The molecule has 0 aliphatic rings. The molecular formula is C13H19NOS. The number of hydrogen-bond donors (Lipinski definition) is 1. The molecule has 1 amide bonds. The van der Waals surface area contributed by atoms with Gasteiger partial charge >= 0.3 is 0 Å². The molecule has 1 aromatic rings. The van der Waals surface area contributed by atoms with Gasteiger partial charge in [-0.05, 0) is 38.2 Å². The van der Waals surface area contributed by atoms with Crippen molar-refractivity contribution < 1.29 is 4.79 Å². The molecule has 88 valence electrons. The Morgan fingerprint density at radius 2 is 1.81 bits per heavy atom. The van der Waals surface area contributed by atoms with E-state index in [9.17, 15) is 4.79 Å². The van der Waals surface area contributed by atoms with Crippen molar-refractivity contribution in [3.05, 3.63) is 28.8 Å². The molecule has 0 aromatic heterocycles. The molecule has 0 saturated heterocycles. The highest BCUT2D eigenvalue weighted by Gasteiger charge is 2.07. The van der Waals surface area contributed by atoms with Crippen molar-refractivity contribution in [2.24, 2.45) is 0 Å². The monoisotopic (exact) mass is 237 g/mol. The minimum atomic E-state index is 0.101. The third kappa shape index (κ3) is 3.56. The molecule has 0 saturated carbocycles. The van der Waals surface area contributed by atoms with Crippen LogP contribution in [0.15, 0.2) is 12.1 Å². The second kappa shape index (κ2) is 5.94. The van der Waals surface area contributed by atoms with Crippen molar-refractivity contribution in [2.75, 3.05) is 17.3 Å². The van der Waals surface area contributed by atoms with Crippen LogP contribution in [0.2, 0.25) is 0 Å². The fourth-order valence-electron chi connectivity index (χ4n) is 1.77. The van der Waals surface area contributed by atoms with Gasteiger partial charge < -0.3 is 5.32 Å². The van der Waals surface area contributed by atoms with E-state index < -0.39 is 0 Å². The number of anilines is 1. The molecule has 3 heteroatoms. The highest BCUT2D eigenvalue weighted by Crippen LogP contribution is 2.22. The first-order valence-electron chi connectivity index (χ1n) is 5.41. The topological polar surface area (TPSA) is 29.1 Å². The van der Waals surface area contributed by atoms with Crippen molar-refractivity contribution in [3.8, 4) is 0 Å². The molecule has 0 aliphatic heterocycles. The summed E-state index contributed by atoms with van der Waals surface area (Å²) in [6.07, 6.45) is 2.59. The fraction of sp³-hybridized carbons (Fsp3) is 0.462.